The minimum atomic E-state index is -0.277. The third-order valence-electron chi connectivity index (χ3n) is 3.61. The predicted octanol–water partition coefficient (Wildman–Crippen LogP) is 0.580. The van der Waals surface area contributed by atoms with Crippen LogP contribution in [-0.2, 0) is 16.0 Å². The number of hydrogen-bond acceptors (Lipinski definition) is 3. The summed E-state index contributed by atoms with van der Waals surface area (Å²) in [4.78, 5) is 34.8. The quantitative estimate of drug-likeness (QED) is 0.757. The summed E-state index contributed by atoms with van der Waals surface area (Å²) >= 11 is 0. The summed E-state index contributed by atoms with van der Waals surface area (Å²) < 4.78 is 0. The Kier molecular flexibility index (Phi) is 3.60. The van der Waals surface area contributed by atoms with Crippen molar-refractivity contribution in [3.05, 3.63) is 29.3 Å². The van der Waals surface area contributed by atoms with Crippen molar-refractivity contribution in [3.8, 4) is 0 Å². The Bertz CT molecular complexity index is 608. The van der Waals surface area contributed by atoms with Gasteiger partial charge in [0.1, 0.15) is 0 Å². The largest absolute Gasteiger partial charge is 0.352 e. The summed E-state index contributed by atoms with van der Waals surface area (Å²) in [5.41, 5.74) is 2.21. The van der Waals surface area contributed by atoms with Gasteiger partial charge in [0, 0.05) is 23.7 Å². The molecular formula is C15H17N3O3. The summed E-state index contributed by atoms with van der Waals surface area (Å²) in [5.74, 6) is -0.437. The summed E-state index contributed by atoms with van der Waals surface area (Å²) in [5, 5.41) is 8.19. The first-order valence-electron chi connectivity index (χ1n) is 7.12. The first-order valence-corrected chi connectivity index (χ1v) is 7.12. The molecule has 2 aliphatic rings. The lowest BCUT2D eigenvalue weighted by atomic mass is 10.00. The van der Waals surface area contributed by atoms with Crippen molar-refractivity contribution in [2.24, 2.45) is 0 Å². The van der Waals surface area contributed by atoms with Crippen molar-refractivity contribution in [2.45, 2.75) is 31.7 Å². The van der Waals surface area contributed by atoms with E-state index < -0.39 is 0 Å². The standard InChI is InChI=1S/C15H17N3O3/c19-13-6-2-9-7-10(1-5-12(9)18-13)15(21)16-8-14(20)17-11-3-4-11/h1,5,7,11H,2-4,6,8H2,(H,16,21)(H,17,20)(H,18,19). The van der Waals surface area contributed by atoms with Crippen LogP contribution < -0.4 is 16.0 Å². The molecule has 1 saturated carbocycles. The number of amides is 3. The van der Waals surface area contributed by atoms with Gasteiger partial charge in [0.15, 0.2) is 0 Å². The number of rotatable bonds is 4. The van der Waals surface area contributed by atoms with Crippen LogP contribution in [-0.4, -0.2) is 30.3 Å². The average molecular weight is 287 g/mol. The minimum absolute atomic E-state index is 0.00329. The zero-order valence-corrected chi connectivity index (χ0v) is 11.6. The van der Waals surface area contributed by atoms with Gasteiger partial charge in [-0.1, -0.05) is 0 Å². The van der Waals surface area contributed by atoms with E-state index in [9.17, 15) is 14.4 Å². The normalized spacial score (nSPS) is 16.7. The Morgan fingerprint density at radius 1 is 1.24 bits per heavy atom. The van der Waals surface area contributed by atoms with E-state index in [0.717, 1.165) is 24.1 Å². The fourth-order valence-electron chi connectivity index (χ4n) is 2.29. The number of benzene rings is 1. The van der Waals surface area contributed by atoms with Crippen LogP contribution in [0.5, 0.6) is 0 Å². The molecule has 6 nitrogen and oxygen atoms in total. The van der Waals surface area contributed by atoms with E-state index >= 15 is 0 Å². The molecule has 0 spiro atoms. The second-order valence-corrected chi connectivity index (χ2v) is 5.44. The van der Waals surface area contributed by atoms with Gasteiger partial charge in [-0.3, -0.25) is 14.4 Å². The van der Waals surface area contributed by atoms with Crippen LogP contribution in [0, 0.1) is 0 Å². The van der Waals surface area contributed by atoms with E-state index in [-0.39, 0.29) is 24.3 Å². The fraction of sp³-hybridized carbons (Fsp3) is 0.400. The van der Waals surface area contributed by atoms with Crippen LogP contribution in [0.1, 0.15) is 35.2 Å². The summed E-state index contributed by atoms with van der Waals surface area (Å²) in [6, 6.07) is 5.44. The van der Waals surface area contributed by atoms with Crippen LogP contribution in [0.15, 0.2) is 18.2 Å². The van der Waals surface area contributed by atoms with Gasteiger partial charge >= 0.3 is 0 Å². The number of anilines is 1. The third kappa shape index (κ3) is 3.39. The van der Waals surface area contributed by atoms with Crippen molar-refractivity contribution < 1.29 is 14.4 Å². The molecule has 0 aromatic heterocycles. The van der Waals surface area contributed by atoms with Crippen LogP contribution in [0.4, 0.5) is 5.69 Å². The number of nitrogens with one attached hydrogen (secondary N) is 3. The summed E-state index contributed by atoms with van der Waals surface area (Å²) in [6.45, 7) is -0.0108. The van der Waals surface area contributed by atoms with Crippen LogP contribution in [0.25, 0.3) is 0 Å². The molecule has 1 aliphatic carbocycles. The highest BCUT2D eigenvalue weighted by atomic mass is 16.2. The first kappa shape index (κ1) is 13.6. The van der Waals surface area contributed by atoms with Crippen molar-refractivity contribution in [1.82, 2.24) is 10.6 Å². The molecule has 3 N–H and O–H groups in total. The zero-order chi connectivity index (χ0) is 14.8. The molecule has 0 unspecified atom stereocenters. The maximum Gasteiger partial charge on any atom is 0.251 e. The third-order valence-corrected chi connectivity index (χ3v) is 3.61. The molecule has 1 fully saturated rings. The molecule has 110 valence electrons. The van der Waals surface area contributed by atoms with E-state index in [2.05, 4.69) is 16.0 Å². The van der Waals surface area contributed by atoms with Crippen molar-refractivity contribution in [1.29, 1.82) is 0 Å². The number of fused-ring (bicyclic) bond motifs is 1. The summed E-state index contributed by atoms with van der Waals surface area (Å²) in [7, 11) is 0. The van der Waals surface area contributed by atoms with E-state index in [1.807, 2.05) is 0 Å². The second-order valence-electron chi connectivity index (χ2n) is 5.44. The van der Waals surface area contributed by atoms with E-state index in [0.29, 0.717) is 24.4 Å². The first-order chi connectivity index (χ1) is 10.1. The molecule has 1 aliphatic heterocycles. The number of carbonyl (C=O) groups is 3. The molecule has 0 saturated heterocycles. The van der Waals surface area contributed by atoms with Gasteiger partial charge in [-0.15, -0.1) is 0 Å². The van der Waals surface area contributed by atoms with Gasteiger partial charge in [-0.05, 0) is 43.0 Å². The Balaban J connectivity index is 1.59. The number of aryl methyl sites for hydroxylation is 1. The second kappa shape index (κ2) is 5.55. The van der Waals surface area contributed by atoms with Crippen molar-refractivity contribution in [3.63, 3.8) is 0 Å². The maximum atomic E-state index is 12.0. The highest BCUT2D eigenvalue weighted by Gasteiger charge is 2.23. The molecule has 1 aromatic carbocycles. The molecule has 0 bridgehead atoms. The lowest BCUT2D eigenvalue weighted by molar-refractivity contribution is -0.120. The molecule has 6 heteroatoms. The predicted molar refractivity (Wildman–Crippen MR) is 76.9 cm³/mol. The van der Waals surface area contributed by atoms with Gasteiger partial charge in [-0.25, -0.2) is 0 Å². The topological polar surface area (TPSA) is 87.3 Å². The maximum absolute atomic E-state index is 12.0. The van der Waals surface area contributed by atoms with E-state index in [1.54, 1.807) is 18.2 Å². The SMILES string of the molecule is O=C1CCc2cc(C(=O)NCC(=O)NC3CC3)ccc2N1. The molecule has 1 heterocycles. The zero-order valence-electron chi connectivity index (χ0n) is 11.6. The summed E-state index contributed by atoms with van der Waals surface area (Å²) in [6.07, 6.45) is 3.11. The van der Waals surface area contributed by atoms with Crippen molar-refractivity contribution in [2.75, 3.05) is 11.9 Å². The lowest BCUT2D eigenvalue weighted by Crippen LogP contribution is -2.37. The Labute approximate surface area is 122 Å². The molecule has 3 rings (SSSR count). The highest BCUT2D eigenvalue weighted by molar-refractivity contribution is 5.99. The molecule has 21 heavy (non-hydrogen) atoms. The van der Waals surface area contributed by atoms with Gasteiger partial charge in [0.05, 0.1) is 6.54 Å². The Morgan fingerprint density at radius 3 is 2.81 bits per heavy atom. The lowest BCUT2D eigenvalue weighted by Gasteiger charge is -2.17. The molecule has 0 atom stereocenters. The van der Waals surface area contributed by atoms with E-state index in [1.165, 1.54) is 0 Å². The number of carbonyl (C=O) groups excluding carboxylic acids is 3. The van der Waals surface area contributed by atoms with Crippen LogP contribution >= 0.6 is 0 Å². The van der Waals surface area contributed by atoms with Crippen molar-refractivity contribution >= 4 is 23.4 Å². The van der Waals surface area contributed by atoms with Gasteiger partial charge in [0.2, 0.25) is 11.8 Å². The van der Waals surface area contributed by atoms with Crippen LogP contribution in [0.3, 0.4) is 0 Å². The molecule has 1 aromatic rings. The average Bonchev–Trinajstić information content (AvgIpc) is 3.28. The van der Waals surface area contributed by atoms with E-state index in [4.69, 9.17) is 0 Å². The fourth-order valence-corrected chi connectivity index (χ4v) is 2.29. The Hall–Kier alpha value is -2.37. The molecular weight excluding hydrogens is 270 g/mol. The van der Waals surface area contributed by atoms with Gasteiger partial charge < -0.3 is 16.0 Å². The number of hydrogen-bond donors (Lipinski definition) is 3. The smallest absolute Gasteiger partial charge is 0.251 e. The monoisotopic (exact) mass is 287 g/mol. The Morgan fingerprint density at radius 2 is 2.05 bits per heavy atom. The van der Waals surface area contributed by atoms with Crippen LogP contribution in [0.2, 0.25) is 0 Å². The van der Waals surface area contributed by atoms with Gasteiger partial charge in [-0.2, -0.15) is 0 Å². The highest BCUT2D eigenvalue weighted by Crippen LogP contribution is 2.23. The molecule has 0 radical (unpaired) electrons. The molecule has 3 amide bonds. The van der Waals surface area contributed by atoms with Gasteiger partial charge in [0.25, 0.3) is 5.91 Å². The minimum Gasteiger partial charge on any atom is -0.352 e.